The average molecular weight is 622 g/mol. The maximum absolute atomic E-state index is 12.2. The standard InChI is InChI=1S/C29H31N7O9/c30-22(29(44)45)14-17(28(42)43)2-1-3-23(37)31-15-24(38)32-18-4-8-20(9-5-18)34-35-21-10-6-19(7-11-21)33-25(39)16-36-26(40)12-13-27(36)41/h4-13,17,22H,1-3,14-16,30H2,(H,31,37)(H,32,38)(H,33,39)(H,42,43)(H,44,45)/t17?,22-/m0/s1. The first kappa shape index (κ1) is 33.7. The summed E-state index contributed by atoms with van der Waals surface area (Å²) in [5.74, 6) is -6.07. The van der Waals surface area contributed by atoms with Gasteiger partial charge in [-0.25, -0.2) is 0 Å². The second-order valence-corrected chi connectivity index (χ2v) is 9.87. The number of nitrogens with two attached hydrogens (primary N) is 1. The fourth-order valence-corrected chi connectivity index (χ4v) is 4.00. The minimum absolute atomic E-state index is 0.0442. The highest BCUT2D eigenvalue weighted by Gasteiger charge is 2.26. The smallest absolute Gasteiger partial charge is 0.320 e. The number of carbonyl (C=O) groups excluding carboxylic acids is 5. The molecule has 0 aliphatic carbocycles. The molecule has 0 aromatic heterocycles. The van der Waals surface area contributed by atoms with Crippen molar-refractivity contribution >= 4 is 64.2 Å². The lowest BCUT2D eigenvalue weighted by Crippen LogP contribution is -2.37. The zero-order chi connectivity index (χ0) is 32.9. The summed E-state index contributed by atoms with van der Waals surface area (Å²) < 4.78 is 0. The number of rotatable bonds is 16. The Kier molecular flexibility index (Phi) is 12.1. The third kappa shape index (κ3) is 11.1. The van der Waals surface area contributed by atoms with Crippen molar-refractivity contribution in [3.05, 3.63) is 60.7 Å². The van der Waals surface area contributed by atoms with Crippen molar-refractivity contribution in [1.82, 2.24) is 10.2 Å². The molecule has 0 fully saturated rings. The SMILES string of the molecule is N[C@@H](CC(CCCC(=O)NCC(=O)Nc1ccc(N=Nc2ccc(NC(=O)CN3C(=O)C=CC3=O)cc2)cc1)C(=O)O)C(=O)O. The van der Waals surface area contributed by atoms with E-state index in [1.807, 2.05) is 0 Å². The lowest BCUT2D eigenvalue weighted by molar-refractivity contribution is -0.144. The van der Waals surface area contributed by atoms with Crippen LogP contribution in [0.2, 0.25) is 0 Å². The molecule has 5 amide bonds. The molecule has 7 N–H and O–H groups in total. The van der Waals surface area contributed by atoms with E-state index in [2.05, 4.69) is 26.2 Å². The van der Waals surface area contributed by atoms with Crippen LogP contribution >= 0.6 is 0 Å². The zero-order valence-corrected chi connectivity index (χ0v) is 23.8. The summed E-state index contributed by atoms with van der Waals surface area (Å²) >= 11 is 0. The van der Waals surface area contributed by atoms with E-state index < -0.39 is 60.0 Å². The minimum Gasteiger partial charge on any atom is -0.481 e. The quantitative estimate of drug-likeness (QED) is 0.117. The van der Waals surface area contributed by atoms with Gasteiger partial charge in [0.2, 0.25) is 17.7 Å². The van der Waals surface area contributed by atoms with Crippen LogP contribution in [-0.2, 0) is 33.6 Å². The van der Waals surface area contributed by atoms with Gasteiger partial charge in [-0.1, -0.05) is 0 Å². The summed E-state index contributed by atoms with van der Waals surface area (Å²) in [6, 6.07) is 11.5. The van der Waals surface area contributed by atoms with Crippen LogP contribution in [0.5, 0.6) is 0 Å². The van der Waals surface area contributed by atoms with Crippen LogP contribution in [0.4, 0.5) is 22.7 Å². The van der Waals surface area contributed by atoms with Crippen LogP contribution in [-0.4, -0.2) is 75.7 Å². The Morgan fingerprint density at radius 3 is 1.76 bits per heavy atom. The van der Waals surface area contributed by atoms with Crippen molar-refractivity contribution in [3.63, 3.8) is 0 Å². The highest BCUT2D eigenvalue weighted by atomic mass is 16.4. The Labute approximate surface area is 256 Å². The lowest BCUT2D eigenvalue weighted by Gasteiger charge is -2.14. The fourth-order valence-electron chi connectivity index (χ4n) is 4.00. The first-order valence-electron chi connectivity index (χ1n) is 13.6. The van der Waals surface area contributed by atoms with Crippen molar-refractivity contribution in [2.45, 2.75) is 31.7 Å². The fraction of sp³-hybridized carbons (Fsp3) is 0.276. The third-order valence-electron chi connectivity index (χ3n) is 6.39. The van der Waals surface area contributed by atoms with E-state index >= 15 is 0 Å². The summed E-state index contributed by atoms with van der Waals surface area (Å²) in [6.07, 6.45) is 2.14. The van der Waals surface area contributed by atoms with Gasteiger partial charge in [0.15, 0.2) is 0 Å². The highest BCUT2D eigenvalue weighted by molar-refractivity contribution is 6.15. The van der Waals surface area contributed by atoms with Gasteiger partial charge >= 0.3 is 11.9 Å². The van der Waals surface area contributed by atoms with E-state index in [1.165, 1.54) is 0 Å². The van der Waals surface area contributed by atoms with Crippen LogP contribution in [0.25, 0.3) is 0 Å². The van der Waals surface area contributed by atoms with Crippen molar-refractivity contribution in [2.24, 2.45) is 21.9 Å². The second kappa shape index (κ2) is 16.2. The molecule has 0 spiro atoms. The molecule has 16 heteroatoms. The van der Waals surface area contributed by atoms with Crippen molar-refractivity contribution < 1.29 is 43.8 Å². The molecular formula is C29H31N7O9. The minimum atomic E-state index is -1.31. The maximum Gasteiger partial charge on any atom is 0.320 e. The Morgan fingerprint density at radius 1 is 0.756 bits per heavy atom. The van der Waals surface area contributed by atoms with E-state index in [0.717, 1.165) is 17.1 Å². The Hall–Kier alpha value is -5.77. The van der Waals surface area contributed by atoms with Gasteiger partial charge in [0.1, 0.15) is 12.6 Å². The number of nitrogens with zero attached hydrogens (tertiary/aromatic N) is 3. The average Bonchev–Trinajstić information content (AvgIpc) is 3.31. The molecule has 1 aliphatic rings. The summed E-state index contributed by atoms with van der Waals surface area (Å²) in [4.78, 5) is 82.5. The first-order chi connectivity index (χ1) is 21.4. The maximum atomic E-state index is 12.2. The number of nitrogens with one attached hydrogen (secondary N) is 3. The molecule has 16 nitrogen and oxygen atoms in total. The number of aliphatic carboxylic acids is 2. The third-order valence-corrected chi connectivity index (χ3v) is 6.39. The molecule has 1 unspecified atom stereocenters. The number of anilines is 2. The topological polar surface area (TPSA) is 250 Å². The van der Waals surface area contributed by atoms with Crippen molar-refractivity contribution in [1.29, 1.82) is 0 Å². The molecule has 236 valence electrons. The van der Waals surface area contributed by atoms with Gasteiger partial charge in [-0.2, -0.15) is 10.2 Å². The van der Waals surface area contributed by atoms with Crippen LogP contribution in [0.15, 0.2) is 70.9 Å². The highest BCUT2D eigenvalue weighted by Crippen LogP contribution is 2.22. The van der Waals surface area contributed by atoms with Gasteiger partial charge in [0.25, 0.3) is 11.8 Å². The Morgan fingerprint density at radius 2 is 1.27 bits per heavy atom. The Bertz CT molecular complexity index is 1490. The van der Waals surface area contributed by atoms with Crippen LogP contribution in [0, 0.1) is 5.92 Å². The molecule has 2 aromatic carbocycles. The largest absolute Gasteiger partial charge is 0.481 e. The van der Waals surface area contributed by atoms with E-state index in [1.54, 1.807) is 48.5 Å². The monoisotopic (exact) mass is 621 g/mol. The molecule has 0 bridgehead atoms. The van der Waals surface area contributed by atoms with Gasteiger partial charge in [-0.15, -0.1) is 0 Å². The molecule has 2 atom stereocenters. The predicted octanol–water partition coefficient (Wildman–Crippen LogP) is 1.69. The molecule has 1 heterocycles. The molecule has 0 saturated carbocycles. The number of azo groups is 1. The van der Waals surface area contributed by atoms with E-state index in [4.69, 9.17) is 10.8 Å². The van der Waals surface area contributed by atoms with Crippen LogP contribution < -0.4 is 21.7 Å². The number of amides is 5. The molecule has 1 aliphatic heterocycles. The molecule has 2 aromatic rings. The lowest BCUT2D eigenvalue weighted by atomic mass is 9.94. The number of carboxylic acids is 2. The zero-order valence-electron chi connectivity index (χ0n) is 23.8. The Balaban J connectivity index is 1.38. The molecule has 0 saturated heterocycles. The molecule has 3 rings (SSSR count). The summed E-state index contributed by atoms with van der Waals surface area (Å²) in [5.41, 5.74) is 7.24. The molecule has 0 radical (unpaired) electrons. The van der Waals surface area contributed by atoms with E-state index in [9.17, 15) is 38.7 Å². The number of carbonyl (C=O) groups is 7. The van der Waals surface area contributed by atoms with Gasteiger partial charge in [0.05, 0.1) is 23.8 Å². The van der Waals surface area contributed by atoms with Crippen LogP contribution in [0.3, 0.4) is 0 Å². The van der Waals surface area contributed by atoms with Gasteiger partial charge < -0.3 is 31.9 Å². The number of hydrogen-bond donors (Lipinski definition) is 6. The van der Waals surface area contributed by atoms with Crippen molar-refractivity contribution in [2.75, 3.05) is 23.7 Å². The van der Waals surface area contributed by atoms with Gasteiger partial charge in [-0.3, -0.25) is 38.5 Å². The van der Waals surface area contributed by atoms with Crippen molar-refractivity contribution in [3.8, 4) is 0 Å². The summed E-state index contributed by atoms with van der Waals surface area (Å²) in [5, 5.41) is 33.9. The summed E-state index contributed by atoms with van der Waals surface area (Å²) in [6.45, 7) is -0.711. The number of carboxylic acid groups (broad SMARTS) is 2. The van der Waals surface area contributed by atoms with E-state index in [-0.39, 0.29) is 32.2 Å². The van der Waals surface area contributed by atoms with Gasteiger partial charge in [-0.05, 0) is 67.8 Å². The number of benzene rings is 2. The number of imide groups is 1. The normalized spacial score (nSPS) is 13.8. The molecular weight excluding hydrogens is 590 g/mol. The molecule has 45 heavy (non-hydrogen) atoms. The number of hydrogen-bond acceptors (Lipinski definition) is 10. The second-order valence-electron chi connectivity index (χ2n) is 9.87. The van der Waals surface area contributed by atoms with Crippen LogP contribution in [0.1, 0.15) is 25.7 Å². The summed E-state index contributed by atoms with van der Waals surface area (Å²) in [7, 11) is 0. The van der Waals surface area contributed by atoms with Gasteiger partial charge in [0, 0.05) is 29.9 Å². The first-order valence-corrected chi connectivity index (χ1v) is 13.6. The van der Waals surface area contributed by atoms with E-state index in [0.29, 0.717) is 22.7 Å². The predicted molar refractivity (Wildman–Crippen MR) is 158 cm³/mol.